The number of aliphatic hydroxyl groups excluding tert-OH is 1. The van der Waals surface area contributed by atoms with Crippen molar-refractivity contribution in [1.29, 1.82) is 0 Å². The fourth-order valence-corrected chi connectivity index (χ4v) is 1.74. The van der Waals surface area contributed by atoms with Gasteiger partial charge in [0.25, 0.3) is 11.5 Å². The Morgan fingerprint density at radius 3 is 2.80 bits per heavy atom. The molecule has 6 nitrogen and oxygen atoms in total. The van der Waals surface area contributed by atoms with Gasteiger partial charge in [-0.15, -0.1) is 0 Å². The summed E-state index contributed by atoms with van der Waals surface area (Å²) in [5.41, 5.74) is 0.0841. The molecule has 0 aliphatic rings. The molecule has 0 unspecified atom stereocenters. The molecule has 0 aromatic carbocycles. The van der Waals surface area contributed by atoms with Gasteiger partial charge in [0.15, 0.2) is 0 Å². The average molecular weight is 281 g/mol. The summed E-state index contributed by atoms with van der Waals surface area (Å²) >= 11 is 0. The van der Waals surface area contributed by atoms with Crippen LogP contribution in [0.25, 0.3) is 0 Å². The van der Waals surface area contributed by atoms with Gasteiger partial charge in [0, 0.05) is 25.8 Å². The summed E-state index contributed by atoms with van der Waals surface area (Å²) < 4.78 is 1.34. The maximum atomic E-state index is 11.9. The van der Waals surface area contributed by atoms with Crippen molar-refractivity contribution in [3.8, 4) is 0 Å². The number of rotatable bonds is 9. The van der Waals surface area contributed by atoms with E-state index in [-0.39, 0.29) is 23.8 Å². The fraction of sp³-hybridized carbons (Fsp3) is 0.643. The van der Waals surface area contributed by atoms with Crippen molar-refractivity contribution in [3.63, 3.8) is 0 Å². The van der Waals surface area contributed by atoms with Gasteiger partial charge in [0.2, 0.25) is 0 Å². The Kier molecular flexibility index (Phi) is 7.57. The lowest BCUT2D eigenvalue weighted by Crippen LogP contribution is -2.30. The number of carbonyl (C=O) groups excluding carboxylic acids is 1. The Balaban J connectivity index is 2.53. The van der Waals surface area contributed by atoms with Crippen molar-refractivity contribution < 1.29 is 9.90 Å². The predicted octanol–water partition coefficient (Wildman–Crippen LogP) is 0.936. The van der Waals surface area contributed by atoms with Gasteiger partial charge in [-0.3, -0.25) is 9.59 Å². The second-order valence-electron chi connectivity index (χ2n) is 4.67. The molecule has 0 radical (unpaired) electrons. The summed E-state index contributed by atoms with van der Waals surface area (Å²) in [4.78, 5) is 23.5. The number of carbonyl (C=O) groups is 1. The largest absolute Gasteiger partial charge is 0.396 e. The van der Waals surface area contributed by atoms with Crippen LogP contribution in [0.1, 0.15) is 49.5 Å². The van der Waals surface area contributed by atoms with Gasteiger partial charge in [-0.25, -0.2) is 4.68 Å². The minimum absolute atomic E-state index is 0.178. The molecule has 112 valence electrons. The highest BCUT2D eigenvalue weighted by Crippen LogP contribution is 1.96. The van der Waals surface area contributed by atoms with Crippen molar-refractivity contribution in [2.75, 3.05) is 13.2 Å². The van der Waals surface area contributed by atoms with E-state index >= 15 is 0 Å². The fourth-order valence-electron chi connectivity index (χ4n) is 1.74. The first-order valence-corrected chi connectivity index (χ1v) is 7.16. The number of hydrogen-bond donors (Lipinski definition) is 2. The number of aromatic nitrogens is 2. The zero-order valence-corrected chi connectivity index (χ0v) is 12.0. The number of hydrogen-bond acceptors (Lipinski definition) is 4. The van der Waals surface area contributed by atoms with Gasteiger partial charge in [0.05, 0.1) is 0 Å². The maximum absolute atomic E-state index is 11.9. The van der Waals surface area contributed by atoms with Crippen LogP contribution in [0.4, 0.5) is 0 Å². The van der Waals surface area contributed by atoms with Crippen LogP contribution in [-0.2, 0) is 6.54 Å². The second-order valence-corrected chi connectivity index (χ2v) is 4.67. The number of aryl methyl sites for hydroxylation is 1. The Morgan fingerprint density at radius 1 is 1.30 bits per heavy atom. The van der Waals surface area contributed by atoms with Crippen LogP contribution in [0.3, 0.4) is 0 Å². The van der Waals surface area contributed by atoms with Crippen molar-refractivity contribution in [3.05, 3.63) is 28.2 Å². The number of nitrogens with one attached hydrogen (secondary N) is 1. The summed E-state index contributed by atoms with van der Waals surface area (Å²) in [6, 6.07) is 2.83. The van der Waals surface area contributed by atoms with E-state index in [9.17, 15) is 9.59 Å². The molecule has 0 aliphatic heterocycles. The smallest absolute Gasteiger partial charge is 0.271 e. The van der Waals surface area contributed by atoms with Crippen molar-refractivity contribution in [2.24, 2.45) is 0 Å². The average Bonchev–Trinajstić information content (AvgIpc) is 2.46. The van der Waals surface area contributed by atoms with E-state index < -0.39 is 0 Å². The van der Waals surface area contributed by atoms with Crippen LogP contribution >= 0.6 is 0 Å². The van der Waals surface area contributed by atoms with E-state index in [0.717, 1.165) is 32.1 Å². The highest BCUT2D eigenvalue weighted by atomic mass is 16.3. The second kappa shape index (κ2) is 9.25. The SMILES string of the molecule is CCCCn1nc(C(=O)NCCCCCO)ccc1=O. The molecule has 1 amide bonds. The molecule has 2 N–H and O–H groups in total. The molecule has 0 spiro atoms. The first kappa shape index (κ1) is 16.4. The van der Waals surface area contributed by atoms with Gasteiger partial charge in [-0.2, -0.15) is 5.10 Å². The summed E-state index contributed by atoms with van der Waals surface area (Å²) in [5, 5.41) is 15.5. The Bertz CT molecular complexity index is 471. The van der Waals surface area contributed by atoms with E-state index in [4.69, 9.17) is 5.11 Å². The lowest BCUT2D eigenvalue weighted by atomic mass is 10.2. The lowest BCUT2D eigenvalue weighted by Gasteiger charge is -2.07. The molecule has 6 heteroatoms. The Hall–Kier alpha value is -1.69. The van der Waals surface area contributed by atoms with Crippen LogP contribution in [0.5, 0.6) is 0 Å². The van der Waals surface area contributed by atoms with Gasteiger partial charge < -0.3 is 10.4 Å². The summed E-state index contributed by atoms with van der Waals surface area (Å²) in [6.45, 7) is 3.30. The molecule has 0 bridgehead atoms. The highest BCUT2D eigenvalue weighted by Gasteiger charge is 2.08. The van der Waals surface area contributed by atoms with Crippen LogP contribution in [0.2, 0.25) is 0 Å². The number of amides is 1. The van der Waals surface area contributed by atoms with Gasteiger partial charge >= 0.3 is 0 Å². The van der Waals surface area contributed by atoms with Gasteiger partial charge in [-0.1, -0.05) is 13.3 Å². The first-order valence-electron chi connectivity index (χ1n) is 7.16. The van der Waals surface area contributed by atoms with E-state index in [1.807, 2.05) is 6.92 Å². The molecule has 1 heterocycles. The van der Waals surface area contributed by atoms with Crippen molar-refractivity contribution in [1.82, 2.24) is 15.1 Å². The lowest BCUT2D eigenvalue weighted by molar-refractivity contribution is 0.0945. The Labute approximate surface area is 118 Å². The molecule has 0 atom stereocenters. The highest BCUT2D eigenvalue weighted by molar-refractivity contribution is 5.91. The van der Waals surface area contributed by atoms with Gasteiger partial charge in [0.1, 0.15) is 5.69 Å². The summed E-state index contributed by atoms with van der Waals surface area (Å²) in [5.74, 6) is -0.265. The molecule has 0 fully saturated rings. The quantitative estimate of drug-likeness (QED) is 0.660. The zero-order valence-electron chi connectivity index (χ0n) is 12.0. The van der Waals surface area contributed by atoms with E-state index in [1.165, 1.54) is 16.8 Å². The van der Waals surface area contributed by atoms with Crippen LogP contribution in [-0.4, -0.2) is 33.9 Å². The molecular weight excluding hydrogens is 258 g/mol. The first-order chi connectivity index (χ1) is 9.69. The monoisotopic (exact) mass is 281 g/mol. The minimum Gasteiger partial charge on any atom is -0.396 e. The van der Waals surface area contributed by atoms with E-state index in [1.54, 1.807) is 0 Å². The number of unbranched alkanes of at least 4 members (excludes halogenated alkanes) is 3. The molecule has 0 saturated carbocycles. The third-order valence-corrected chi connectivity index (χ3v) is 2.94. The van der Waals surface area contributed by atoms with Crippen molar-refractivity contribution >= 4 is 5.91 Å². The van der Waals surface area contributed by atoms with Crippen LogP contribution in [0, 0.1) is 0 Å². The van der Waals surface area contributed by atoms with E-state index in [2.05, 4.69) is 10.4 Å². The minimum atomic E-state index is -0.265. The van der Waals surface area contributed by atoms with Crippen LogP contribution in [0.15, 0.2) is 16.9 Å². The standard InChI is InChI=1S/C14H23N3O3/c1-2-3-10-17-13(19)8-7-12(16-17)14(20)15-9-5-4-6-11-18/h7-8,18H,2-6,9-11H2,1H3,(H,15,20). The van der Waals surface area contributed by atoms with E-state index in [0.29, 0.717) is 13.1 Å². The summed E-state index contributed by atoms with van der Waals surface area (Å²) in [6.07, 6.45) is 4.27. The Morgan fingerprint density at radius 2 is 2.10 bits per heavy atom. The predicted molar refractivity (Wildman–Crippen MR) is 76.7 cm³/mol. The normalized spacial score (nSPS) is 10.5. The van der Waals surface area contributed by atoms with Crippen LogP contribution < -0.4 is 10.9 Å². The molecular formula is C14H23N3O3. The zero-order chi connectivity index (χ0) is 14.8. The summed E-state index contributed by atoms with van der Waals surface area (Å²) in [7, 11) is 0. The third-order valence-electron chi connectivity index (χ3n) is 2.94. The molecule has 0 saturated heterocycles. The molecule has 1 aromatic rings. The molecule has 1 aromatic heterocycles. The van der Waals surface area contributed by atoms with Crippen molar-refractivity contribution in [2.45, 2.75) is 45.6 Å². The number of nitrogens with zero attached hydrogens (tertiary/aromatic N) is 2. The molecule has 0 aliphatic carbocycles. The number of aliphatic hydroxyl groups is 1. The molecule has 1 rings (SSSR count). The van der Waals surface area contributed by atoms with Gasteiger partial charge in [-0.05, 0) is 31.7 Å². The molecule has 20 heavy (non-hydrogen) atoms. The topological polar surface area (TPSA) is 84.2 Å². The maximum Gasteiger partial charge on any atom is 0.271 e. The third kappa shape index (κ3) is 5.52.